The lowest BCUT2D eigenvalue weighted by Gasteiger charge is -2.12. The average Bonchev–Trinajstić information content (AvgIpc) is 2.81. The van der Waals surface area contributed by atoms with Crippen molar-refractivity contribution in [3.8, 4) is 0 Å². The number of nitrogens with zero attached hydrogens (tertiary/aromatic N) is 2. The molecule has 1 aromatic heterocycles. The number of allylic oxidation sites excluding steroid dienone is 1. The number of anilines is 2. The van der Waals surface area contributed by atoms with Gasteiger partial charge in [0.1, 0.15) is 5.82 Å². The van der Waals surface area contributed by atoms with E-state index in [1.165, 1.54) is 0 Å². The average molecular weight is 429 g/mol. The summed E-state index contributed by atoms with van der Waals surface area (Å²) in [5.74, 6) is 0.475. The summed E-state index contributed by atoms with van der Waals surface area (Å²) in [5, 5.41) is 6.26. The third-order valence-corrected chi connectivity index (χ3v) is 4.73. The Labute approximate surface area is 191 Å². The first-order chi connectivity index (χ1) is 15.5. The number of aryl methyl sites for hydroxylation is 2. The first-order valence-electron chi connectivity index (χ1n) is 10.8. The van der Waals surface area contributed by atoms with E-state index in [0.717, 1.165) is 27.9 Å². The van der Waals surface area contributed by atoms with Crippen LogP contribution in [0.3, 0.4) is 0 Å². The summed E-state index contributed by atoms with van der Waals surface area (Å²) >= 11 is 0. The topological polar surface area (TPSA) is 66.9 Å². The molecule has 0 unspecified atom stereocenters. The predicted molar refractivity (Wildman–Crippen MR) is 136 cm³/mol. The number of benzene rings is 2. The van der Waals surface area contributed by atoms with Gasteiger partial charge in [-0.15, -0.1) is 0 Å². The van der Waals surface area contributed by atoms with Crippen molar-refractivity contribution in [1.29, 1.82) is 0 Å². The van der Waals surface area contributed by atoms with Crippen molar-refractivity contribution in [1.82, 2.24) is 9.97 Å². The lowest BCUT2D eigenvalue weighted by atomic mass is 10.0. The van der Waals surface area contributed by atoms with Crippen LogP contribution in [-0.4, -0.2) is 15.9 Å². The van der Waals surface area contributed by atoms with E-state index in [1.54, 1.807) is 19.3 Å². The minimum atomic E-state index is -0.186. The van der Waals surface area contributed by atoms with Crippen molar-refractivity contribution in [2.75, 3.05) is 10.6 Å². The molecular weight excluding hydrogens is 396 g/mol. The van der Waals surface area contributed by atoms with Crippen LogP contribution in [0.5, 0.6) is 0 Å². The molecule has 166 valence electrons. The Balaban J connectivity index is 0.00000176. The smallest absolute Gasteiger partial charge is 0.256 e. The van der Waals surface area contributed by atoms with Crippen molar-refractivity contribution >= 4 is 29.4 Å². The molecule has 0 atom stereocenters. The van der Waals surface area contributed by atoms with Crippen LogP contribution in [0.1, 0.15) is 59.2 Å². The van der Waals surface area contributed by atoms with Crippen LogP contribution < -0.4 is 10.6 Å². The zero-order chi connectivity index (χ0) is 23.5. The van der Waals surface area contributed by atoms with E-state index in [-0.39, 0.29) is 5.91 Å². The normalized spacial score (nSPS) is 10.3. The molecular formula is C27H32N4O. The van der Waals surface area contributed by atoms with Crippen LogP contribution in [0.15, 0.2) is 61.4 Å². The van der Waals surface area contributed by atoms with Gasteiger partial charge in [-0.05, 0) is 61.2 Å². The van der Waals surface area contributed by atoms with Crippen LogP contribution in [0, 0.1) is 13.8 Å². The molecule has 3 aromatic rings. The number of amides is 1. The second-order valence-electron chi connectivity index (χ2n) is 7.02. The number of rotatable bonds is 7. The number of aromatic nitrogens is 2. The molecule has 0 spiro atoms. The Kier molecular flexibility index (Phi) is 9.36. The Bertz CT molecular complexity index is 1090. The molecule has 32 heavy (non-hydrogen) atoms. The molecule has 1 amide bonds. The standard InChI is InChI=1S/C25H26N4O.C2H6/c1-5-7-21-12-19(9-10-20(21)6-2)14-28-22-11-8-17(3)24(13-22)25(30)29-23-15-26-18(4)27-16-23;1-2/h5-13,15-16,28H,2,14H2,1,3-4H3,(H,29,30);1-2H3/b7-5-;. The van der Waals surface area contributed by atoms with Crippen LogP contribution in [0.4, 0.5) is 11.4 Å². The predicted octanol–water partition coefficient (Wildman–Crippen LogP) is 6.66. The monoisotopic (exact) mass is 428 g/mol. The van der Waals surface area contributed by atoms with Gasteiger partial charge in [-0.25, -0.2) is 9.97 Å². The maximum atomic E-state index is 12.7. The summed E-state index contributed by atoms with van der Waals surface area (Å²) in [6.07, 6.45) is 9.16. The molecule has 0 aliphatic rings. The molecule has 2 N–H and O–H groups in total. The molecule has 3 rings (SSSR count). The number of hydrogen-bond donors (Lipinski definition) is 2. The van der Waals surface area contributed by atoms with Gasteiger partial charge >= 0.3 is 0 Å². The van der Waals surface area contributed by atoms with E-state index in [1.807, 2.05) is 58.0 Å². The van der Waals surface area contributed by atoms with E-state index < -0.39 is 0 Å². The Morgan fingerprint density at radius 2 is 1.72 bits per heavy atom. The molecule has 0 aliphatic heterocycles. The molecule has 1 heterocycles. The van der Waals surface area contributed by atoms with Gasteiger partial charge in [0.2, 0.25) is 0 Å². The summed E-state index contributed by atoms with van der Waals surface area (Å²) in [6.45, 7) is 14.2. The maximum Gasteiger partial charge on any atom is 0.256 e. The first-order valence-corrected chi connectivity index (χ1v) is 10.8. The zero-order valence-corrected chi connectivity index (χ0v) is 19.6. The summed E-state index contributed by atoms with van der Waals surface area (Å²) in [4.78, 5) is 20.9. The minimum Gasteiger partial charge on any atom is -0.381 e. The van der Waals surface area contributed by atoms with E-state index in [4.69, 9.17) is 0 Å². The molecule has 0 aliphatic carbocycles. The maximum absolute atomic E-state index is 12.7. The Hall–Kier alpha value is -3.73. The molecule has 5 heteroatoms. The highest BCUT2D eigenvalue weighted by atomic mass is 16.1. The highest BCUT2D eigenvalue weighted by Gasteiger charge is 2.11. The van der Waals surface area contributed by atoms with Gasteiger partial charge in [0, 0.05) is 17.8 Å². The molecule has 0 bridgehead atoms. The van der Waals surface area contributed by atoms with E-state index >= 15 is 0 Å². The fraction of sp³-hybridized carbons (Fsp3) is 0.222. The van der Waals surface area contributed by atoms with E-state index in [2.05, 4.69) is 51.5 Å². The van der Waals surface area contributed by atoms with Crippen molar-refractivity contribution in [3.63, 3.8) is 0 Å². The number of carbonyl (C=O) groups is 1. The highest BCUT2D eigenvalue weighted by Crippen LogP contribution is 2.20. The molecule has 0 saturated heterocycles. The summed E-state index contributed by atoms with van der Waals surface area (Å²) in [5.41, 5.74) is 6.35. The summed E-state index contributed by atoms with van der Waals surface area (Å²) in [7, 11) is 0. The molecule has 5 nitrogen and oxygen atoms in total. The van der Waals surface area contributed by atoms with Crippen LogP contribution >= 0.6 is 0 Å². The zero-order valence-electron chi connectivity index (χ0n) is 19.6. The fourth-order valence-electron chi connectivity index (χ4n) is 3.08. The second-order valence-corrected chi connectivity index (χ2v) is 7.02. The molecule has 0 fully saturated rings. The van der Waals surface area contributed by atoms with Crippen molar-refractivity contribution in [2.24, 2.45) is 0 Å². The minimum absolute atomic E-state index is 0.186. The van der Waals surface area contributed by atoms with Crippen LogP contribution in [0.25, 0.3) is 12.2 Å². The van der Waals surface area contributed by atoms with Crippen molar-refractivity contribution in [3.05, 3.63) is 95.1 Å². The third kappa shape index (κ3) is 6.64. The van der Waals surface area contributed by atoms with Gasteiger partial charge in [0.15, 0.2) is 0 Å². The highest BCUT2D eigenvalue weighted by molar-refractivity contribution is 6.05. The van der Waals surface area contributed by atoms with Gasteiger partial charge in [0.25, 0.3) is 5.91 Å². The van der Waals surface area contributed by atoms with Gasteiger partial charge in [-0.2, -0.15) is 0 Å². The molecule has 0 saturated carbocycles. The van der Waals surface area contributed by atoms with Crippen LogP contribution in [-0.2, 0) is 6.54 Å². The third-order valence-electron chi connectivity index (χ3n) is 4.73. The first kappa shape index (κ1) is 24.5. The number of hydrogen-bond acceptors (Lipinski definition) is 4. The largest absolute Gasteiger partial charge is 0.381 e. The van der Waals surface area contributed by atoms with Gasteiger partial charge in [-0.1, -0.05) is 56.9 Å². The Morgan fingerprint density at radius 1 is 1.00 bits per heavy atom. The molecule has 2 aromatic carbocycles. The lowest BCUT2D eigenvalue weighted by Crippen LogP contribution is -2.14. The summed E-state index contributed by atoms with van der Waals surface area (Å²) in [6, 6.07) is 12.1. The Morgan fingerprint density at radius 3 is 2.38 bits per heavy atom. The van der Waals surface area contributed by atoms with Gasteiger partial charge in [-0.3, -0.25) is 4.79 Å². The van der Waals surface area contributed by atoms with Gasteiger partial charge in [0.05, 0.1) is 18.1 Å². The fourth-order valence-corrected chi connectivity index (χ4v) is 3.08. The van der Waals surface area contributed by atoms with Crippen molar-refractivity contribution < 1.29 is 4.79 Å². The molecule has 0 radical (unpaired) electrons. The van der Waals surface area contributed by atoms with Crippen LogP contribution in [0.2, 0.25) is 0 Å². The van der Waals surface area contributed by atoms with Crippen molar-refractivity contribution in [2.45, 2.75) is 41.2 Å². The van der Waals surface area contributed by atoms with E-state index in [9.17, 15) is 4.79 Å². The second kappa shape index (κ2) is 12.2. The van der Waals surface area contributed by atoms with E-state index in [0.29, 0.717) is 23.6 Å². The summed E-state index contributed by atoms with van der Waals surface area (Å²) < 4.78 is 0. The SMILES string of the molecule is C=Cc1ccc(CNc2ccc(C)c(C(=O)Nc3cnc(C)nc3)c2)cc1/C=C\C.CC. The quantitative estimate of drug-likeness (QED) is 0.441. The number of carbonyl (C=O) groups excluding carboxylic acids is 1. The van der Waals surface area contributed by atoms with Gasteiger partial charge < -0.3 is 10.6 Å². The lowest BCUT2D eigenvalue weighted by molar-refractivity contribution is 0.102. The number of nitrogens with one attached hydrogen (secondary N) is 2.